The Morgan fingerprint density at radius 2 is 2.23 bits per heavy atom. The SMILES string of the molecule is CCN/N=C(\C)c1[nH]c(-c2ccnc(NC(=O)C(C)N)c2)nc1OCC. The van der Waals surface area contributed by atoms with Gasteiger partial charge in [-0.1, -0.05) is 0 Å². The highest BCUT2D eigenvalue weighted by Crippen LogP contribution is 2.25. The van der Waals surface area contributed by atoms with Crippen molar-refractivity contribution in [3.8, 4) is 17.3 Å². The number of hydrogen-bond donors (Lipinski definition) is 4. The van der Waals surface area contributed by atoms with Crippen LogP contribution in [0.5, 0.6) is 5.88 Å². The van der Waals surface area contributed by atoms with E-state index in [0.29, 0.717) is 29.8 Å². The summed E-state index contributed by atoms with van der Waals surface area (Å²) in [5.41, 5.74) is 10.7. The minimum absolute atomic E-state index is 0.307. The van der Waals surface area contributed by atoms with E-state index in [4.69, 9.17) is 10.5 Å². The number of pyridine rings is 1. The molecule has 2 heterocycles. The van der Waals surface area contributed by atoms with Crippen LogP contribution in [-0.4, -0.2) is 45.8 Å². The lowest BCUT2D eigenvalue weighted by Gasteiger charge is -2.07. The maximum Gasteiger partial charge on any atom is 0.242 e. The van der Waals surface area contributed by atoms with Crippen LogP contribution in [0, 0.1) is 0 Å². The largest absolute Gasteiger partial charge is 0.476 e. The van der Waals surface area contributed by atoms with Crippen LogP contribution in [0.4, 0.5) is 5.82 Å². The molecule has 1 amide bonds. The van der Waals surface area contributed by atoms with Gasteiger partial charge in [0.05, 0.1) is 18.4 Å². The quantitative estimate of drug-likeness (QED) is 0.417. The molecule has 140 valence electrons. The third-order valence-electron chi connectivity index (χ3n) is 3.42. The molecule has 1 unspecified atom stereocenters. The second-order valence-electron chi connectivity index (χ2n) is 5.62. The number of imidazole rings is 1. The lowest BCUT2D eigenvalue weighted by Crippen LogP contribution is -2.32. The standard InChI is InChI=1S/C17H25N7O2/c1-5-20-24-11(4)14-17(26-6-2)23-15(22-14)12-7-8-19-13(9-12)21-16(25)10(3)18/h7-10,20H,5-6,18H2,1-4H3,(H,22,23)(H,19,21,25)/b24-11+. The Labute approximate surface area is 152 Å². The molecule has 0 aliphatic heterocycles. The van der Waals surface area contributed by atoms with Gasteiger partial charge in [0.1, 0.15) is 17.3 Å². The molecule has 0 spiro atoms. The van der Waals surface area contributed by atoms with Gasteiger partial charge in [-0.15, -0.1) is 0 Å². The van der Waals surface area contributed by atoms with Crippen molar-refractivity contribution in [3.05, 3.63) is 24.0 Å². The summed E-state index contributed by atoms with van der Waals surface area (Å²) in [7, 11) is 0. The number of aromatic amines is 1. The van der Waals surface area contributed by atoms with E-state index in [9.17, 15) is 4.79 Å². The van der Waals surface area contributed by atoms with Crippen molar-refractivity contribution in [2.24, 2.45) is 10.8 Å². The average Bonchev–Trinajstić information content (AvgIpc) is 3.04. The molecule has 0 saturated heterocycles. The van der Waals surface area contributed by atoms with E-state index in [1.54, 1.807) is 25.3 Å². The molecule has 2 aromatic rings. The maximum absolute atomic E-state index is 11.8. The number of carbonyl (C=O) groups excluding carboxylic acids is 1. The van der Waals surface area contributed by atoms with E-state index in [-0.39, 0.29) is 5.91 Å². The summed E-state index contributed by atoms with van der Waals surface area (Å²) in [4.78, 5) is 23.6. The summed E-state index contributed by atoms with van der Waals surface area (Å²) < 4.78 is 5.61. The third kappa shape index (κ3) is 4.79. The number of aromatic nitrogens is 3. The Balaban J connectivity index is 2.35. The van der Waals surface area contributed by atoms with E-state index < -0.39 is 6.04 Å². The molecule has 9 heteroatoms. The molecule has 2 aromatic heterocycles. The third-order valence-corrected chi connectivity index (χ3v) is 3.42. The molecule has 26 heavy (non-hydrogen) atoms. The highest BCUT2D eigenvalue weighted by molar-refractivity contribution is 5.99. The lowest BCUT2D eigenvalue weighted by atomic mass is 10.2. The Hall–Kier alpha value is -2.94. The van der Waals surface area contributed by atoms with Crippen molar-refractivity contribution < 1.29 is 9.53 Å². The zero-order valence-corrected chi connectivity index (χ0v) is 15.5. The number of hydrogen-bond acceptors (Lipinski definition) is 7. The topological polar surface area (TPSA) is 130 Å². The molecule has 0 aliphatic rings. The maximum atomic E-state index is 11.8. The van der Waals surface area contributed by atoms with Crippen LogP contribution in [0.3, 0.4) is 0 Å². The number of anilines is 1. The van der Waals surface area contributed by atoms with Crippen molar-refractivity contribution in [3.63, 3.8) is 0 Å². The van der Waals surface area contributed by atoms with Gasteiger partial charge in [0.15, 0.2) is 0 Å². The molecule has 0 aromatic carbocycles. The first kappa shape index (κ1) is 19.4. The molecule has 0 saturated carbocycles. The van der Waals surface area contributed by atoms with Gasteiger partial charge < -0.3 is 26.2 Å². The predicted molar refractivity (Wildman–Crippen MR) is 101 cm³/mol. The Morgan fingerprint density at radius 1 is 1.46 bits per heavy atom. The van der Waals surface area contributed by atoms with Gasteiger partial charge in [-0.05, 0) is 39.8 Å². The molecule has 0 bridgehead atoms. The average molecular weight is 359 g/mol. The van der Waals surface area contributed by atoms with Gasteiger partial charge in [-0.3, -0.25) is 4.79 Å². The summed E-state index contributed by atoms with van der Waals surface area (Å²) >= 11 is 0. The minimum atomic E-state index is -0.620. The Kier molecular flexibility index (Phi) is 6.67. The first-order valence-electron chi connectivity index (χ1n) is 8.49. The summed E-state index contributed by atoms with van der Waals surface area (Å²) in [6, 6.07) is 2.89. The molecular weight excluding hydrogens is 334 g/mol. The number of carbonyl (C=O) groups is 1. The molecule has 0 radical (unpaired) electrons. The van der Waals surface area contributed by atoms with Crippen LogP contribution in [0.25, 0.3) is 11.4 Å². The van der Waals surface area contributed by atoms with Crippen LogP contribution in [0.2, 0.25) is 0 Å². The first-order valence-corrected chi connectivity index (χ1v) is 8.49. The van der Waals surface area contributed by atoms with Crippen molar-refractivity contribution in [1.82, 2.24) is 20.4 Å². The molecule has 9 nitrogen and oxygen atoms in total. The summed E-state index contributed by atoms with van der Waals surface area (Å²) in [6.07, 6.45) is 1.59. The van der Waals surface area contributed by atoms with Crippen LogP contribution >= 0.6 is 0 Å². The molecule has 2 rings (SSSR count). The van der Waals surface area contributed by atoms with E-state index in [0.717, 1.165) is 17.8 Å². The van der Waals surface area contributed by atoms with Crippen LogP contribution in [0.15, 0.2) is 23.4 Å². The van der Waals surface area contributed by atoms with Gasteiger partial charge in [-0.2, -0.15) is 10.1 Å². The number of H-pyrrole nitrogens is 1. The number of nitrogens with one attached hydrogen (secondary N) is 3. The molecule has 0 aliphatic carbocycles. The smallest absolute Gasteiger partial charge is 0.242 e. The highest BCUT2D eigenvalue weighted by Gasteiger charge is 2.16. The van der Waals surface area contributed by atoms with E-state index >= 15 is 0 Å². The lowest BCUT2D eigenvalue weighted by molar-refractivity contribution is -0.117. The molecule has 5 N–H and O–H groups in total. The molecule has 0 fully saturated rings. The van der Waals surface area contributed by atoms with Crippen molar-refractivity contribution in [1.29, 1.82) is 0 Å². The summed E-state index contributed by atoms with van der Waals surface area (Å²) in [5, 5.41) is 6.94. The van der Waals surface area contributed by atoms with Crippen LogP contribution < -0.4 is 21.2 Å². The van der Waals surface area contributed by atoms with Gasteiger partial charge in [0, 0.05) is 18.3 Å². The van der Waals surface area contributed by atoms with Gasteiger partial charge in [0.25, 0.3) is 0 Å². The number of nitrogens with zero attached hydrogens (tertiary/aromatic N) is 3. The van der Waals surface area contributed by atoms with Gasteiger partial charge in [-0.25, -0.2) is 4.98 Å². The Bertz CT molecular complexity index is 783. The van der Waals surface area contributed by atoms with Crippen molar-refractivity contribution in [2.75, 3.05) is 18.5 Å². The van der Waals surface area contributed by atoms with E-state index in [1.807, 2.05) is 20.8 Å². The fourth-order valence-electron chi connectivity index (χ4n) is 2.12. The number of hydrazone groups is 1. The van der Waals surface area contributed by atoms with E-state index in [1.165, 1.54) is 0 Å². The normalized spacial score (nSPS) is 12.6. The molecular formula is C17H25N7O2. The zero-order valence-electron chi connectivity index (χ0n) is 15.5. The summed E-state index contributed by atoms with van der Waals surface area (Å²) in [6.45, 7) is 8.53. The highest BCUT2D eigenvalue weighted by atomic mass is 16.5. The number of rotatable bonds is 8. The molecule has 1 atom stereocenters. The monoisotopic (exact) mass is 359 g/mol. The van der Waals surface area contributed by atoms with Gasteiger partial charge in [0.2, 0.25) is 11.8 Å². The van der Waals surface area contributed by atoms with E-state index in [2.05, 4.69) is 30.8 Å². The minimum Gasteiger partial charge on any atom is -0.476 e. The fraction of sp³-hybridized carbons (Fsp3) is 0.412. The van der Waals surface area contributed by atoms with Crippen LogP contribution in [0.1, 0.15) is 33.4 Å². The number of ether oxygens (including phenoxy) is 1. The number of nitrogens with two attached hydrogens (primary N) is 1. The van der Waals surface area contributed by atoms with Gasteiger partial charge >= 0.3 is 0 Å². The Morgan fingerprint density at radius 3 is 2.88 bits per heavy atom. The predicted octanol–water partition coefficient (Wildman–Crippen LogP) is 1.49. The first-order chi connectivity index (χ1) is 12.5. The second-order valence-corrected chi connectivity index (χ2v) is 5.62. The summed E-state index contributed by atoms with van der Waals surface area (Å²) in [5.74, 6) is 1.16. The van der Waals surface area contributed by atoms with Crippen molar-refractivity contribution in [2.45, 2.75) is 33.7 Å². The zero-order chi connectivity index (χ0) is 19.1. The van der Waals surface area contributed by atoms with Crippen molar-refractivity contribution >= 4 is 17.4 Å². The number of amides is 1. The second kappa shape index (κ2) is 8.95. The fourth-order valence-corrected chi connectivity index (χ4v) is 2.12. The van der Waals surface area contributed by atoms with Crippen LogP contribution in [-0.2, 0) is 4.79 Å².